The minimum Gasteiger partial charge on any atom is -0.856 e. The summed E-state index contributed by atoms with van der Waals surface area (Å²) < 4.78 is 24.6. The number of hydrogen-bond acceptors (Lipinski definition) is 6. The van der Waals surface area contributed by atoms with Crippen LogP contribution in [0.2, 0.25) is 0 Å². The van der Waals surface area contributed by atoms with Crippen LogP contribution in [0.5, 0.6) is 11.9 Å². The van der Waals surface area contributed by atoms with E-state index in [9.17, 15) is 9.50 Å². The van der Waals surface area contributed by atoms with Gasteiger partial charge in [-0.1, -0.05) is 17.3 Å². The number of aryl methyl sites for hydroxylation is 1. The Labute approximate surface area is 171 Å². The maximum absolute atomic E-state index is 14.0. The van der Waals surface area contributed by atoms with E-state index in [1.54, 1.807) is 6.07 Å². The van der Waals surface area contributed by atoms with Gasteiger partial charge >= 0.3 is 35.6 Å². The molecule has 8 heteroatoms. The molecule has 0 radical (unpaired) electrons. The predicted octanol–water partition coefficient (Wildman–Crippen LogP) is -0.0183. The van der Waals surface area contributed by atoms with Crippen molar-refractivity contribution in [1.82, 2.24) is 15.1 Å². The topological polar surface area (TPSA) is 84.1 Å². The van der Waals surface area contributed by atoms with Crippen molar-refractivity contribution in [1.29, 1.82) is 0 Å². The summed E-state index contributed by atoms with van der Waals surface area (Å²) in [6.45, 7) is 1.87. The Hall–Kier alpha value is -1.96. The normalized spacial score (nSPS) is 18.7. The largest absolute Gasteiger partial charge is 1.00 e. The second-order valence-corrected chi connectivity index (χ2v) is 6.22. The van der Waals surface area contributed by atoms with Crippen LogP contribution < -0.4 is 39.4 Å². The molecule has 1 aliphatic rings. The molecule has 1 fully saturated rings. The number of rotatable bonds is 4. The van der Waals surface area contributed by atoms with Crippen molar-refractivity contribution < 1.29 is 48.3 Å². The van der Waals surface area contributed by atoms with Crippen LogP contribution in [-0.2, 0) is 0 Å². The van der Waals surface area contributed by atoms with E-state index in [0.717, 1.165) is 24.0 Å². The van der Waals surface area contributed by atoms with Crippen molar-refractivity contribution in [3.8, 4) is 23.2 Å². The van der Waals surface area contributed by atoms with Gasteiger partial charge in [0.15, 0.2) is 5.76 Å². The van der Waals surface area contributed by atoms with Crippen molar-refractivity contribution in [2.24, 2.45) is 0 Å². The molecule has 4 rings (SSSR count). The minimum atomic E-state index is -0.445. The van der Waals surface area contributed by atoms with E-state index in [2.05, 4.69) is 15.1 Å². The zero-order chi connectivity index (χ0) is 17.4. The van der Waals surface area contributed by atoms with E-state index >= 15 is 0 Å². The van der Waals surface area contributed by atoms with Crippen LogP contribution in [0, 0.1) is 12.7 Å². The Bertz CT molecular complexity index is 895. The number of halogens is 1. The number of aromatic nitrogens is 3. The van der Waals surface area contributed by atoms with Gasteiger partial charge in [0.05, 0.1) is 5.56 Å². The second-order valence-electron chi connectivity index (χ2n) is 6.22. The molecule has 1 aliphatic carbocycles. The summed E-state index contributed by atoms with van der Waals surface area (Å²) in [5.74, 6) is -0.127. The fraction of sp³-hybridized carbons (Fsp3) is 0.278. The molecule has 6 nitrogen and oxygen atoms in total. The average Bonchev–Trinajstić information content (AvgIpc) is 2.99. The molecule has 0 bridgehead atoms. The molecule has 2 heterocycles. The van der Waals surface area contributed by atoms with E-state index in [1.165, 1.54) is 18.5 Å². The van der Waals surface area contributed by atoms with Gasteiger partial charge in [0.2, 0.25) is 0 Å². The molecule has 128 valence electrons. The molecule has 1 aromatic carbocycles. The number of hydrogen-bond donors (Lipinski definition) is 0. The molecule has 0 saturated heterocycles. The maximum atomic E-state index is 14.0. The fourth-order valence-corrected chi connectivity index (χ4v) is 2.93. The predicted molar refractivity (Wildman–Crippen MR) is 84.5 cm³/mol. The smallest absolute Gasteiger partial charge is 0.856 e. The Morgan fingerprint density at radius 2 is 1.92 bits per heavy atom. The quantitative estimate of drug-likeness (QED) is 0.606. The van der Waals surface area contributed by atoms with Crippen LogP contribution in [0.25, 0.3) is 11.3 Å². The minimum absolute atomic E-state index is 0. The van der Waals surface area contributed by atoms with Crippen LogP contribution in [0.4, 0.5) is 4.39 Å². The molecule has 0 spiro atoms. The molecule has 1 saturated carbocycles. The number of benzene rings is 1. The van der Waals surface area contributed by atoms with Gasteiger partial charge in [0.25, 0.3) is 0 Å². The summed E-state index contributed by atoms with van der Waals surface area (Å²) in [4.78, 5) is 8.23. The van der Waals surface area contributed by atoms with Gasteiger partial charge in [-0.25, -0.2) is 14.4 Å². The van der Waals surface area contributed by atoms with Crippen molar-refractivity contribution >= 4 is 0 Å². The van der Waals surface area contributed by atoms with E-state index in [1.807, 2.05) is 19.1 Å². The third-order valence-electron chi connectivity index (χ3n) is 4.36. The number of nitrogens with zero attached hydrogens (tertiary/aromatic N) is 3. The molecule has 2 aromatic heterocycles. The Morgan fingerprint density at radius 3 is 2.54 bits per heavy atom. The first-order valence-electron chi connectivity index (χ1n) is 7.97. The third-order valence-corrected chi connectivity index (χ3v) is 4.36. The van der Waals surface area contributed by atoms with Crippen LogP contribution >= 0.6 is 0 Å². The van der Waals surface area contributed by atoms with Gasteiger partial charge in [-0.2, -0.15) is 0 Å². The molecule has 0 atom stereocenters. The Morgan fingerprint density at radius 1 is 1.19 bits per heavy atom. The molecule has 0 amide bonds. The monoisotopic (exact) mass is 363 g/mol. The molecule has 3 aromatic rings. The van der Waals surface area contributed by atoms with E-state index in [-0.39, 0.29) is 53.4 Å². The van der Waals surface area contributed by atoms with Gasteiger partial charge in [0, 0.05) is 18.3 Å². The standard InChI is InChI=1S/C18H16FN3O3.Na/c1-10-2-3-14(15(19)4-10)11-5-13(6-11)24-18-20-8-12(9-21-18)16-7-17(23)22-25-16;/h2-4,7-9,11,13H,5-6H2,1H3,(H,22,23);/q;+1/p-1. The molecule has 0 N–H and O–H groups in total. The third kappa shape index (κ3) is 3.90. The van der Waals surface area contributed by atoms with E-state index in [0.29, 0.717) is 11.3 Å². The second kappa shape index (κ2) is 7.73. The molecular formula is C18H15FN3NaO3. The van der Waals surface area contributed by atoms with E-state index in [4.69, 9.17) is 9.26 Å². The van der Waals surface area contributed by atoms with E-state index < -0.39 is 5.88 Å². The fourth-order valence-electron chi connectivity index (χ4n) is 2.93. The van der Waals surface area contributed by atoms with Gasteiger partial charge in [-0.05, 0) is 48.9 Å². The maximum Gasteiger partial charge on any atom is 1.00 e. The van der Waals surface area contributed by atoms with Crippen molar-refractivity contribution in [2.75, 3.05) is 0 Å². The molecule has 0 aliphatic heterocycles. The number of ether oxygens (including phenoxy) is 1. The van der Waals surface area contributed by atoms with Crippen molar-refractivity contribution in [3.05, 3.63) is 53.6 Å². The summed E-state index contributed by atoms with van der Waals surface area (Å²) in [6, 6.07) is 6.84. The van der Waals surface area contributed by atoms with Crippen molar-refractivity contribution in [2.45, 2.75) is 31.8 Å². The van der Waals surface area contributed by atoms with Crippen LogP contribution in [0.3, 0.4) is 0 Å². The van der Waals surface area contributed by atoms with Gasteiger partial charge in [-0.15, -0.1) is 0 Å². The van der Waals surface area contributed by atoms with Gasteiger partial charge in [-0.3, -0.25) is 0 Å². The average molecular weight is 363 g/mol. The summed E-state index contributed by atoms with van der Waals surface area (Å²) in [5, 5.41) is 14.3. The summed E-state index contributed by atoms with van der Waals surface area (Å²) >= 11 is 0. The van der Waals surface area contributed by atoms with Crippen molar-refractivity contribution in [3.63, 3.8) is 0 Å². The first-order valence-corrected chi connectivity index (χ1v) is 7.97. The van der Waals surface area contributed by atoms with Crippen LogP contribution in [0.1, 0.15) is 29.9 Å². The zero-order valence-electron chi connectivity index (χ0n) is 14.5. The summed E-state index contributed by atoms with van der Waals surface area (Å²) in [5.41, 5.74) is 2.20. The zero-order valence-corrected chi connectivity index (χ0v) is 16.5. The summed E-state index contributed by atoms with van der Waals surface area (Å²) in [6.07, 6.45) is 4.45. The first kappa shape index (κ1) is 18.8. The first-order chi connectivity index (χ1) is 12.1. The SMILES string of the molecule is Cc1ccc(C2CC(Oc3ncc(-c4cc([O-])no4)cn3)C2)c(F)c1.[Na+]. The van der Waals surface area contributed by atoms with Gasteiger partial charge in [0.1, 0.15) is 11.9 Å². The summed E-state index contributed by atoms with van der Waals surface area (Å²) in [7, 11) is 0. The molecule has 26 heavy (non-hydrogen) atoms. The molecule has 0 unspecified atom stereocenters. The molecular weight excluding hydrogens is 348 g/mol. The van der Waals surface area contributed by atoms with Crippen LogP contribution in [0.15, 0.2) is 41.2 Å². The van der Waals surface area contributed by atoms with Gasteiger partial charge < -0.3 is 14.4 Å². The van der Waals surface area contributed by atoms with Crippen LogP contribution in [-0.4, -0.2) is 21.2 Å². The Kier molecular flexibility index (Phi) is 5.60. The Balaban J connectivity index is 0.00000196.